The zero-order valence-corrected chi connectivity index (χ0v) is 7.64. The molecule has 0 aliphatic carbocycles. The van der Waals surface area contributed by atoms with Crippen LogP contribution < -0.4 is 5.73 Å². The smallest absolute Gasteiger partial charge is 0.00771 e. The molecule has 1 heteroatoms. The first-order chi connectivity index (χ1) is 5.26. The summed E-state index contributed by atoms with van der Waals surface area (Å²) in [5.41, 5.74) is 6.75. The summed E-state index contributed by atoms with van der Waals surface area (Å²) in [5.74, 6) is 0.612. The van der Waals surface area contributed by atoms with Crippen LogP contribution in [0.25, 0.3) is 0 Å². The molecule has 0 aromatic carbocycles. The molecule has 11 heavy (non-hydrogen) atoms. The van der Waals surface area contributed by atoms with E-state index in [-0.39, 0.29) is 0 Å². The van der Waals surface area contributed by atoms with Gasteiger partial charge in [0.25, 0.3) is 0 Å². The van der Waals surface area contributed by atoms with Crippen LogP contribution in [0.5, 0.6) is 0 Å². The van der Waals surface area contributed by atoms with Crippen molar-refractivity contribution >= 4 is 0 Å². The van der Waals surface area contributed by atoms with E-state index in [0.29, 0.717) is 5.92 Å². The van der Waals surface area contributed by atoms with Gasteiger partial charge in [0.15, 0.2) is 0 Å². The minimum atomic E-state index is 0.612. The SMILES string of the molecule is C=C/C(=C\C)[C@H](C)CCCN. The molecule has 0 bridgehead atoms. The van der Waals surface area contributed by atoms with Gasteiger partial charge in [-0.1, -0.05) is 31.2 Å². The quantitative estimate of drug-likeness (QED) is 0.603. The molecule has 1 atom stereocenters. The Balaban J connectivity index is 3.80. The third-order valence-corrected chi connectivity index (χ3v) is 1.98. The first-order valence-corrected chi connectivity index (χ1v) is 4.25. The van der Waals surface area contributed by atoms with Gasteiger partial charge in [0.2, 0.25) is 0 Å². The summed E-state index contributed by atoms with van der Waals surface area (Å²) in [4.78, 5) is 0. The summed E-state index contributed by atoms with van der Waals surface area (Å²) in [5, 5.41) is 0. The molecular formula is C10H19N. The molecule has 0 aliphatic heterocycles. The van der Waals surface area contributed by atoms with Crippen LogP contribution in [0.3, 0.4) is 0 Å². The van der Waals surface area contributed by atoms with Crippen molar-refractivity contribution in [1.82, 2.24) is 0 Å². The predicted octanol–water partition coefficient (Wildman–Crippen LogP) is 2.49. The van der Waals surface area contributed by atoms with E-state index in [4.69, 9.17) is 5.73 Å². The van der Waals surface area contributed by atoms with E-state index in [9.17, 15) is 0 Å². The van der Waals surface area contributed by atoms with Gasteiger partial charge in [-0.15, -0.1) is 0 Å². The molecule has 0 rings (SSSR count). The molecule has 0 radical (unpaired) electrons. The van der Waals surface area contributed by atoms with Gasteiger partial charge in [-0.2, -0.15) is 0 Å². The molecule has 1 nitrogen and oxygen atoms in total. The fourth-order valence-corrected chi connectivity index (χ4v) is 1.19. The van der Waals surface area contributed by atoms with E-state index in [1.54, 1.807) is 0 Å². The molecule has 2 N–H and O–H groups in total. The highest BCUT2D eigenvalue weighted by Gasteiger charge is 2.02. The molecule has 0 fully saturated rings. The molecule has 64 valence electrons. The van der Waals surface area contributed by atoms with Crippen molar-refractivity contribution < 1.29 is 0 Å². The number of nitrogens with two attached hydrogens (primary N) is 1. The third kappa shape index (κ3) is 3.99. The van der Waals surface area contributed by atoms with Gasteiger partial charge in [-0.05, 0) is 32.2 Å². The Hall–Kier alpha value is -0.560. The number of rotatable bonds is 5. The Morgan fingerprint density at radius 3 is 2.64 bits per heavy atom. The maximum absolute atomic E-state index is 5.41. The summed E-state index contributed by atoms with van der Waals surface area (Å²) in [6.07, 6.45) is 6.32. The lowest BCUT2D eigenvalue weighted by atomic mass is 9.96. The van der Waals surface area contributed by atoms with Crippen molar-refractivity contribution in [2.45, 2.75) is 26.7 Å². The Labute approximate surface area is 70.0 Å². The van der Waals surface area contributed by atoms with E-state index >= 15 is 0 Å². The second-order valence-corrected chi connectivity index (χ2v) is 2.82. The van der Waals surface area contributed by atoms with Gasteiger partial charge in [0.05, 0.1) is 0 Å². The molecule has 0 saturated carbocycles. The van der Waals surface area contributed by atoms with Gasteiger partial charge in [0.1, 0.15) is 0 Å². The Morgan fingerprint density at radius 1 is 1.64 bits per heavy atom. The van der Waals surface area contributed by atoms with Crippen LogP contribution in [0, 0.1) is 5.92 Å². The molecule has 0 aromatic rings. The second-order valence-electron chi connectivity index (χ2n) is 2.82. The maximum atomic E-state index is 5.41. The van der Waals surface area contributed by atoms with Crippen molar-refractivity contribution in [1.29, 1.82) is 0 Å². The van der Waals surface area contributed by atoms with Crippen LogP contribution in [0.1, 0.15) is 26.7 Å². The lowest BCUT2D eigenvalue weighted by Gasteiger charge is -2.10. The van der Waals surface area contributed by atoms with Crippen LogP contribution in [-0.2, 0) is 0 Å². The maximum Gasteiger partial charge on any atom is -0.00771 e. The van der Waals surface area contributed by atoms with E-state index < -0.39 is 0 Å². The van der Waals surface area contributed by atoms with Crippen LogP contribution in [0.2, 0.25) is 0 Å². The number of allylic oxidation sites excluding steroid dienone is 3. The summed E-state index contributed by atoms with van der Waals surface area (Å²) in [6.45, 7) is 8.82. The highest BCUT2D eigenvalue weighted by Crippen LogP contribution is 2.16. The first kappa shape index (κ1) is 10.4. The monoisotopic (exact) mass is 153 g/mol. The average molecular weight is 153 g/mol. The Morgan fingerprint density at radius 2 is 2.27 bits per heavy atom. The van der Waals surface area contributed by atoms with Crippen molar-refractivity contribution in [3.8, 4) is 0 Å². The zero-order valence-electron chi connectivity index (χ0n) is 7.64. The van der Waals surface area contributed by atoms with E-state index in [1.165, 1.54) is 12.0 Å². The van der Waals surface area contributed by atoms with Gasteiger partial charge < -0.3 is 5.73 Å². The van der Waals surface area contributed by atoms with Gasteiger partial charge >= 0.3 is 0 Å². The largest absolute Gasteiger partial charge is 0.330 e. The van der Waals surface area contributed by atoms with Crippen LogP contribution in [0.4, 0.5) is 0 Å². The van der Waals surface area contributed by atoms with Crippen LogP contribution in [0.15, 0.2) is 24.3 Å². The summed E-state index contributed by atoms with van der Waals surface area (Å²) < 4.78 is 0. The van der Waals surface area contributed by atoms with Crippen LogP contribution >= 0.6 is 0 Å². The Kier molecular flexibility index (Phi) is 5.86. The molecule has 0 saturated heterocycles. The fourth-order valence-electron chi connectivity index (χ4n) is 1.19. The third-order valence-electron chi connectivity index (χ3n) is 1.98. The predicted molar refractivity (Wildman–Crippen MR) is 51.4 cm³/mol. The Bertz CT molecular complexity index is 136. The standard InChI is InChI=1S/C10H19N/c1-4-10(5-2)9(3)7-6-8-11/h4-5,9H,1,6-8,11H2,2-3H3/b10-5+/t9-/m1/s1. The van der Waals surface area contributed by atoms with Gasteiger partial charge in [0, 0.05) is 0 Å². The molecule has 0 heterocycles. The van der Waals surface area contributed by atoms with Crippen molar-refractivity contribution in [2.75, 3.05) is 6.54 Å². The topological polar surface area (TPSA) is 26.0 Å². The number of hydrogen-bond acceptors (Lipinski definition) is 1. The highest BCUT2D eigenvalue weighted by molar-refractivity contribution is 5.17. The molecule has 0 aromatic heterocycles. The second kappa shape index (κ2) is 6.17. The molecule has 0 unspecified atom stereocenters. The fraction of sp³-hybridized carbons (Fsp3) is 0.600. The van der Waals surface area contributed by atoms with Crippen molar-refractivity contribution in [3.63, 3.8) is 0 Å². The van der Waals surface area contributed by atoms with E-state index in [0.717, 1.165) is 13.0 Å². The van der Waals surface area contributed by atoms with Crippen molar-refractivity contribution in [2.24, 2.45) is 11.7 Å². The van der Waals surface area contributed by atoms with Crippen molar-refractivity contribution in [3.05, 3.63) is 24.3 Å². The number of hydrogen-bond donors (Lipinski definition) is 1. The summed E-state index contributed by atoms with van der Waals surface area (Å²) in [7, 11) is 0. The lowest BCUT2D eigenvalue weighted by molar-refractivity contribution is 0.594. The minimum Gasteiger partial charge on any atom is -0.330 e. The molecular weight excluding hydrogens is 134 g/mol. The molecule has 0 aliphatic rings. The summed E-state index contributed by atoms with van der Waals surface area (Å²) >= 11 is 0. The van der Waals surface area contributed by atoms with Gasteiger partial charge in [-0.25, -0.2) is 0 Å². The summed E-state index contributed by atoms with van der Waals surface area (Å²) in [6, 6.07) is 0. The normalized spacial score (nSPS) is 14.6. The molecule has 0 spiro atoms. The molecule has 0 amide bonds. The van der Waals surface area contributed by atoms with Crippen LogP contribution in [-0.4, -0.2) is 6.54 Å². The zero-order chi connectivity index (χ0) is 8.69. The lowest BCUT2D eigenvalue weighted by Crippen LogP contribution is -2.03. The highest BCUT2D eigenvalue weighted by atomic mass is 14.5. The minimum absolute atomic E-state index is 0.612. The van der Waals surface area contributed by atoms with Gasteiger partial charge in [-0.3, -0.25) is 0 Å². The average Bonchev–Trinajstić information content (AvgIpc) is 2.03. The van der Waals surface area contributed by atoms with E-state index in [1.807, 2.05) is 6.08 Å². The first-order valence-electron chi connectivity index (χ1n) is 4.25. The van der Waals surface area contributed by atoms with E-state index in [2.05, 4.69) is 26.5 Å².